The second-order valence-electron chi connectivity index (χ2n) is 4.69. The largest absolute Gasteiger partial charge is 0.379 e. The van der Waals surface area contributed by atoms with Crippen molar-refractivity contribution >= 4 is 26.0 Å². The Morgan fingerprint density at radius 2 is 1.60 bits per heavy atom. The highest BCUT2D eigenvalue weighted by molar-refractivity contribution is 9.10. The van der Waals surface area contributed by atoms with Crippen molar-refractivity contribution < 1.29 is 12.6 Å². The van der Waals surface area contributed by atoms with Crippen LogP contribution in [0.25, 0.3) is 0 Å². The molecule has 0 fully saturated rings. The maximum absolute atomic E-state index is 12.2. The van der Waals surface area contributed by atoms with E-state index in [0.717, 1.165) is 5.56 Å². The molecule has 0 aliphatic rings. The van der Waals surface area contributed by atoms with Crippen LogP contribution in [0.1, 0.15) is 25.3 Å². The molecule has 0 radical (unpaired) electrons. The Balaban J connectivity index is 2.27. The van der Waals surface area contributed by atoms with Crippen molar-refractivity contribution in [1.82, 2.24) is 0 Å². The first kappa shape index (κ1) is 15.1. The van der Waals surface area contributed by atoms with Crippen molar-refractivity contribution in [3.63, 3.8) is 0 Å². The number of rotatable bonds is 4. The average Bonchev–Trinajstić information content (AvgIpc) is 2.39. The minimum Gasteiger partial charge on any atom is -0.379 e. The van der Waals surface area contributed by atoms with E-state index in [9.17, 15) is 8.42 Å². The molecule has 0 saturated heterocycles. The first-order valence-corrected chi connectivity index (χ1v) is 8.39. The summed E-state index contributed by atoms with van der Waals surface area (Å²) in [5.74, 6) is 0.703. The molecule has 0 unspecified atom stereocenters. The third-order valence-corrected chi connectivity index (χ3v) is 5.12. The van der Waals surface area contributed by atoms with Gasteiger partial charge in [0.15, 0.2) is 0 Å². The summed E-state index contributed by atoms with van der Waals surface area (Å²) < 4.78 is 30.0. The summed E-state index contributed by atoms with van der Waals surface area (Å²) in [6.45, 7) is 4.15. The molecular formula is C15H15BrO3S. The molecule has 0 aliphatic heterocycles. The van der Waals surface area contributed by atoms with Crippen molar-refractivity contribution in [2.24, 2.45) is 0 Å². The maximum atomic E-state index is 12.2. The third-order valence-electron chi connectivity index (χ3n) is 2.86. The van der Waals surface area contributed by atoms with Crippen LogP contribution in [0.5, 0.6) is 5.75 Å². The van der Waals surface area contributed by atoms with E-state index in [1.54, 1.807) is 30.3 Å². The third kappa shape index (κ3) is 3.41. The van der Waals surface area contributed by atoms with Crippen LogP contribution >= 0.6 is 15.9 Å². The first-order chi connectivity index (χ1) is 9.40. The van der Waals surface area contributed by atoms with Gasteiger partial charge in [0.25, 0.3) is 0 Å². The minimum absolute atomic E-state index is 0.118. The molecule has 0 N–H and O–H groups in total. The summed E-state index contributed by atoms with van der Waals surface area (Å²) in [5, 5.41) is 0. The second kappa shape index (κ2) is 5.97. The summed E-state index contributed by atoms with van der Waals surface area (Å²) >= 11 is 3.22. The monoisotopic (exact) mass is 354 g/mol. The summed E-state index contributed by atoms with van der Waals surface area (Å²) in [6, 6.07) is 13.7. The van der Waals surface area contributed by atoms with E-state index in [2.05, 4.69) is 29.8 Å². The molecule has 0 saturated carbocycles. The summed E-state index contributed by atoms with van der Waals surface area (Å²) in [6.07, 6.45) is 0. The fraction of sp³-hybridized carbons (Fsp3) is 0.200. The standard InChI is InChI=1S/C15H15BrO3S/c1-11(2)12-7-9-13(10-8-12)19-20(17,18)15-6-4-3-5-14(15)16/h3-11H,1-2H3. The SMILES string of the molecule is CC(C)c1ccc(OS(=O)(=O)c2ccccc2Br)cc1. The molecule has 0 atom stereocenters. The van der Waals surface area contributed by atoms with Crippen LogP contribution in [0, 0.1) is 0 Å². The van der Waals surface area contributed by atoms with Crippen molar-refractivity contribution in [3.8, 4) is 5.75 Å². The van der Waals surface area contributed by atoms with E-state index in [-0.39, 0.29) is 4.90 Å². The van der Waals surface area contributed by atoms with Gasteiger partial charge in [0.05, 0.1) is 0 Å². The Labute approximate surface area is 127 Å². The Hall–Kier alpha value is -1.33. The van der Waals surface area contributed by atoms with E-state index < -0.39 is 10.1 Å². The van der Waals surface area contributed by atoms with E-state index in [4.69, 9.17) is 4.18 Å². The summed E-state index contributed by atoms with van der Waals surface area (Å²) in [7, 11) is -3.82. The van der Waals surface area contributed by atoms with Gasteiger partial charge in [0.2, 0.25) is 0 Å². The predicted octanol–water partition coefficient (Wildman–Crippen LogP) is 4.34. The van der Waals surface area contributed by atoms with E-state index in [0.29, 0.717) is 16.1 Å². The van der Waals surface area contributed by atoms with Crippen molar-refractivity contribution in [2.75, 3.05) is 0 Å². The van der Waals surface area contributed by atoms with Gasteiger partial charge in [-0.15, -0.1) is 0 Å². The number of benzene rings is 2. The highest BCUT2D eigenvalue weighted by atomic mass is 79.9. The van der Waals surface area contributed by atoms with E-state index >= 15 is 0 Å². The Morgan fingerprint density at radius 1 is 1.00 bits per heavy atom. The highest BCUT2D eigenvalue weighted by Crippen LogP contribution is 2.26. The normalized spacial score (nSPS) is 11.6. The summed E-state index contributed by atoms with van der Waals surface area (Å²) in [5.41, 5.74) is 1.13. The lowest BCUT2D eigenvalue weighted by atomic mass is 10.0. The molecule has 0 amide bonds. The molecule has 2 aromatic rings. The maximum Gasteiger partial charge on any atom is 0.340 e. The zero-order valence-electron chi connectivity index (χ0n) is 11.2. The quantitative estimate of drug-likeness (QED) is 0.767. The van der Waals surface area contributed by atoms with Gasteiger partial charge in [-0.1, -0.05) is 38.1 Å². The van der Waals surface area contributed by atoms with E-state index in [1.165, 1.54) is 6.07 Å². The van der Waals surface area contributed by atoms with Crippen molar-refractivity contribution in [1.29, 1.82) is 0 Å². The van der Waals surface area contributed by atoms with Gasteiger partial charge in [0.1, 0.15) is 10.6 Å². The molecule has 20 heavy (non-hydrogen) atoms. The molecular weight excluding hydrogens is 340 g/mol. The molecule has 0 bridgehead atoms. The topological polar surface area (TPSA) is 43.4 Å². The average molecular weight is 355 g/mol. The van der Waals surface area contributed by atoms with Gasteiger partial charge in [-0.25, -0.2) is 0 Å². The fourth-order valence-electron chi connectivity index (χ4n) is 1.73. The van der Waals surface area contributed by atoms with Gasteiger partial charge >= 0.3 is 10.1 Å². The van der Waals surface area contributed by atoms with Crippen LogP contribution in [-0.4, -0.2) is 8.42 Å². The van der Waals surface area contributed by atoms with Crippen LogP contribution in [0.15, 0.2) is 57.9 Å². The lowest BCUT2D eigenvalue weighted by Gasteiger charge is -2.10. The Kier molecular flexibility index (Phi) is 4.50. The predicted molar refractivity (Wildman–Crippen MR) is 82.5 cm³/mol. The number of hydrogen-bond acceptors (Lipinski definition) is 3. The van der Waals surface area contributed by atoms with Crippen molar-refractivity contribution in [3.05, 3.63) is 58.6 Å². The molecule has 2 aromatic carbocycles. The first-order valence-electron chi connectivity index (χ1n) is 6.19. The van der Waals surface area contributed by atoms with Crippen LogP contribution in [0.4, 0.5) is 0 Å². The highest BCUT2D eigenvalue weighted by Gasteiger charge is 2.19. The summed E-state index contributed by atoms with van der Waals surface area (Å²) in [4.78, 5) is 0.118. The van der Waals surface area contributed by atoms with Crippen LogP contribution in [-0.2, 0) is 10.1 Å². The van der Waals surface area contributed by atoms with E-state index in [1.807, 2.05) is 12.1 Å². The van der Waals surface area contributed by atoms with Crippen molar-refractivity contribution in [2.45, 2.75) is 24.7 Å². The number of hydrogen-bond donors (Lipinski definition) is 0. The minimum atomic E-state index is -3.82. The molecule has 3 nitrogen and oxygen atoms in total. The lowest BCUT2D eigenvalue weighted by molar-refractivity contribution is 0.485. The molecule has 106 valence electrons. The van der Waals surface area contributed by atoms with Crippen LogP contribution < -0.4 is 4.18 Å². The van der Waals surface area contributed by atoms with Gasteiger partial charge in [-0.3, -0.25) is 0 Å². The van der Waals surface area contributed by atoms with Gasteiger partial charge in [0, 0.05) is 4.47 Å². The smallest absolute Gasteiger partial charge is 0.340 e. The molecule has 0 heterocycles. The number of halogens is 1. The molecule has 5 heteroatoms. The Morgan fingerprint density at radius 3 is 2.15 bits per heavy atom. The fourth-order valence-corrected chi connectivity index (χ4v) is 3.61. The zero-order valence-corrected chi connectivity index (χ0v) is 13.6. The van der Waals surface area contributed by atoms with Gasteiger partial charge < -0.3 is 4.18 Å². The van der Waals surface area contributed by atoms with Gasteiger partial charge in [-0.2, -0.15) is 8.42 Å². The molecule has 0 aromatic heterocycles. The lowest BCUT2D eigenvalue weighted by Crippen LogP contribution is -2.10. The zero-order chi connectivity index (χ0) is 14.8. The Bertz CT molecular complexity index is 691. The molecule has 0 aliphatic carbocycles. The second-order valence-corrected chi connectivity index (χ2v) is 7.06. The van der Waals surface area contributed by atoms with Crippen LogP contribution in [0.3, 0.4) is 0 Å². The molecule has 0 spiro atoms. The van der Waals surface area contributed by atoms with Gasteiger partial charge in [-0.05, 0) is 51.7 Å². The van der Waals surface area contributed by atoms with Crippen LogP contribution in [0.2, 0.25) is 0 Å². The molecule has 2 rings (SSSR count).